The first-order chi connectivity index (χ1) is 9.20. The quantitative estimate of drug-likeness (QED) is 0.877. The molecule has 0 aliphatic heterocycles. The number of hydrogen-bond acceptors (Lipinski definition) is 4. The van der Waals surface area contributed by atoms with Crippen molar-refractivity contribution in [1.29, 1.82) is 0 Å². The average Bonchev–Trinajstić information content (AvgIpc) is 2.45. The third-order valence-corrected chi connectivity index (χ3v) is 2.87. The van der Waals surface area contributed by atoms with E-state index in [2.05, 4.69) is 31.2 Å². The van der Waals surface area contributed by atoms with Crippen LogP contribution in [0.4, 0.5) is 0 Å². The van der Waals surface area contributed by atoms with E-state index in [0.29, 0.717) is 22.7 Å². The first kappa shape index (κ1) is 13.5. The molecule has 98 valence electrons. The number of aromatic nitrogens is 2. The second kappa shape index (κ2) is 6.29. The lowest BCUT2D eigenvalue weighted by atomic mass is 10.2. The molecule has 19 heavy (non-hydrogen) atoms. The summed E-state index contributed by atoms with van der Waals surface area (Å²) in [5.41, 5.74) is 1.17. The van der Waals surface area contributed by atoms with Gasteiger partial charge in [-0.3, -0.25) is 4.79 Å². The van der Waals surface area contributed by atoms with Gasteiger partial charge in [0.25, 0.3) is 5.91 Å². The number of rotatable bonds is 4. The second-order valence-corrected chi connectivity index (χ2v) is 4.51. The van der Waals surface area contributed by atoms with Crippen LogP contribution in [0.25, 0.3) is 0 Å². The third-order valence-electron chi connectivity index (χ3n) is 2.43. The minimum atomic E-state index is -0.243. The number of ether oxygens (including phenoxy) is 1. The van der Waals surface area contributed by atoms with Gasteiger partial charge in [-0.15, -0.1) is 0 Å². The van der Waals surface area contributed by atoms with Crippen LogP contribution in [-0.4, -0.2) is 23.0 Å². The molecule has 2 aromatic heterocycles. The highest BCUT2D eigenvalue weighted by atomic mass is 79.9. The molecule has 0 fully saturated rings. The number of nitrogens with zero attached hydrogens (tertiary/aromatic N) is 2. The summed E-state index contributed by atoms with van der Waals surface area (Å²) < 4.78 is 5.74. The van der Waals surface area contributed by atoms with Crippen molar-refractivity contribution in [3.8, 4) is 5.88 Å². The summed E-state index contributed by atoms with van der Waals surface area (Å²) in [7, 11) is 1.55. The van der Waals surface area contributed by atoms with E-state index in [1.165, 1.54) is 0 Å². The maximum atomic E-state index is 11.9. The largest absolute Gasteiger partial charge is 0.481 e. The van der Waals surface area contributed by atoms with Gasteiger partial charge in [0.1, 0.15) is 10.3 Å². The van der Waals surface area contributed by atoms with Gasteiger partial charge in [0.2, 0.25) is 5.88 Å². The Labute approximate surface area is 119 Å². The average molecular weight is 322 g/mol. The van der Waals surface area contributed by atoms with Crippen LogP contribution in [0.1, 0.15) is 16.1 Å². The van der Waals surface area contributed by atoms with Gasteiger partial charge >= 0.3 is 0 Å². The van der Waals surface area contributed by atoms with Crippen molar-refractivity contribution < 1.29 is 9.53 Å². The summed E-state index contributed by atoms with van der Waals surface area (Å²) >= 11 is 3.23. The molecule has 2 heterocycles. The highest BCUT2D eigenvalue weighted by Gasteiger charge is 2.09. The van der Waals surface area contributed by atoms with Crippen molar-refractivity contribution in [3.05, 3.63) is 52.4 Å². The molecule has 1 N–H and O–H groups in total. The van der Waals surface area contributed by atoms with Gasteiger partial charge in [-0.2, -0.15) is 0 Å². The summed E-state index contributed by atoms with van der Waals surface area (Å²) in [6.07, 6.45) is 1.64. The summed E-state index contributed by atoms with van der Waals surface area (Å²) in [5, 5.41) is 2.77. The van der Waals surface area contributed by atoms with Crippen molar-refractivity contribution in [1.82, 2.24) is 15.3 Å². The molecule has 0 bridgehead atoms. The summed E-state index contributed by atoms with van der Waals surface area (Å²) in [6, 6.07) is 8.82. The van der Waals surface area contributed by atoms with Gasteiger partial charge in [-0.25, -0.2) is 9.97 Å². The van der Waals surface area contributed by atoms with E-state index in [4.69, 9.17) is 4.74 Å². The lowest BCUT2D eigenvalue weighted by Gasteiger charge is -2.08. The minimum Gasteiger partial charge on any atom is -0.481 e. The van der Waals surface area contributed by atoms with Crippen LogP contribution in [0.3, 0.4) is 0 Å². The SMILES string of the molecule is COc1ncccc1CNC(=O)c1cccc(Br)n1. The lowest BCUT2D eigenvalue weighted by Crippen LogP contribution is -2.24. The first-order valence-electron chi connectivity index (χ1n) is 5.59. The maximum Gasteiger partial charge on any atom is 0.270 e. The molecule has 2 rings (SSSR count). The number of carbonyl (C=O) groups excluding carboxylic acids is 1. The van der Waals surface area contributed by atoms with Crippen LogP contribution < -0.4 is 10.1 Å². The molecular formula is C13H12BrN3O2. The van der Waals surface area contributed by atoms with E-state index in [1.807, 2.05) is 6.07 Å². The summed E-state index contributed by atoms with van der Waals surface area (Å²) in [5.74, 6) is 0.261. The molecule has 0 saturated heterocycles. The standard InChI is InChI=1S/C13H12BrN3O2/c1-19-13-9(4-3-7-15-13)8-16-12(18)10-5-2-6-11(14)17-10/h2-7H,8H2,1H3,(H,16,18). The Balaban J connectivity index is 2.04. The fraction of sp³-hybridized carbons (Fsp3) is 0.154. The predicted octanol–water partition coefficient (Wildman–Crippen LogP) is 2.18. The van der Waals surface area contributed by atoms with Crippen LogP contribution in [0.5, 0.6) is 5.88 Å². The third kappa shape index (κ3) is 3.51. The zero-order valence-corrected chi connectivity index (χ0v) is 11.8. The topological polar surface area (TPSA) is 64.1 Å². The number of amides is 1. The molecule has 6 heteroatoms. The van der Waals surface area contributed by atoms with E-state index >= 15 is 0 Å². The van der Waals surface area contributed by atoms with E-state index < -0.39 is 0 Å². The van der Waals surface area contributed by atoms with Crippen molar-refractivity contribution in [2.45, 2.75) is 6.54 Å². The van der Waals surface area contributed by atoms with Crippen LogP contribution in [0.2, 0.25) is 0 Å². The molecule has 0 saturated carbocycles. The van der Waals surface area contributed by atoms with Crippen molar-refractivity contribution in [2.75, 3.05) is 7.11 Å². The van der Waals surface area contributed by atoms with Gasteiger partial charge in [-0.05, 0) is 34.1 Å². The van der Waals surface area contributed by atoms with Crippen molar-refractivity contribution >= 4 is 21.8 Å². The highest BCUT2D eigenvalue weighted by Crippen LogP contribution is 2.13. The van der Waals surface area contributed by atoms with Crippen LogP contribution in [0, 0.1) is 0 Å². The molecule has 0 aliphatic rings. The van der Waals surface area contributed by atoms with E-state index in [-0.39, 0.29) is 5.91 Å². The van der Waals surface area contributed by atoms with Crippen LogP contribution in [0.15, 0.2) is 41.1 Å². The molecule has 5 nitrogen and oxygen atoms in total. The van der Waals surface area contributed by atoms with Gasteiger partial charge < -0.3 is 10.1 Å². The molecular weight excluding hydrogens is 310 g/mol. The lowest BCUT2D eigenvalue weighted by molar-refractivity contribution is 0.0945. The minimum absolute atomic E-state index is 0.243. The second-order valence-electron chi connectivity index (χ2n) is 3.70. The van der Waals surface area contributed by atoms with Gasteiger partial charge in [0.15, 0.2) is 0 Å². The van der Waals surface area contributed by atoms with Crippen LogP contribution >= 0.6 is 15.9 Å². The number of nitrogens with one attached hydrogen (secondary N) is 1. The van der Waals surface area contributed by atoms with Gasteiger partial charge in [-0.1, -0.05) is 12.1 Å². The Bertz CT molecular complexity index is 590. The fourth-order valence-electron chi connectivity index (χ4n) is 1.54. The Kier molecular flexibility index (Phi) is 4.46. The molecule has 0 spiro atoms. The smallest absolute Gasteiger partial charge is 0.270 e. The number of hydrogen-bond donors (Lipinski definition) is 1. The van der Waals surface area contributed by atoms with Crippen LogP contribution in [-0.2, 0) is 6.54 Å². The summed E-state index contributed by atoms with van der Waals surface area (Å²) in [4.78, 5) is 20.1. The Morgan fingerprint density at radius 3 is 2.95 bits per heavy atom. The normalized spacial score (nSPS) is 10.0. The zero-order valence-electron chi connectivity index (χ0n) is 10.3. The molecule has 0 atom stereocenters. The molecule has 0 radical (unpaired) electrons. The fourth-order valence-corrected chi connectivity index (χ4v) is 1.89. The molecule has 0 unspecified atom stereocenters. The van der Waals surface area contributed by atoms with Gasteiger partial charge in [0.05, 0.1) is 7.11 Å². The number of pyridine rings is 2. The highest BCUT2D eigenvalue weighted by molar-refractivity contribution is 9.10. The van der Waals surface area contributed by atoms with E-state index in [9.17, 15) is 4.79 Å². The molecule has 1 amide bonds. The number of carbonyl (C=O) groups is 1. The zero-order chi connectivity index (χ0) is 13.7. The number of methoxy groups -OCH3 is 1. The Hall–Kier alpha value is -1.95. The van der Waals surface area contributed by atoms with E-state index in [1.54, 1.807) is 37.6 Å². The Morgan fingerprint density at radius 1 is 1.37 bits per heavy atom. The number of halogens is 1. The summed E-state index contributed by atoms with van der Waals surface area (Å²) in [6.45, 7) is 0.337. The molecule has 0 aromatic carbocycles. The molecule has 2 aromatic rings. The monoisotopic (exact) mass is 321 g/mol. The van der Waals surface area contributed by atoms with Gasteiger partial charge in [0, 0.05) is 18.3 Å². The van der Waals surface area contributed by atoms with E-state index in [0.717, 1.165) is 5.56 Å². The van der Waals surface area contributed by atoms with Crippen molar-refractivity contribution in [2.24, 2.45) is 0 Å². The molecule has 0 aliphatic carbocycles. The van der Waals surface area contributed by atoms with Crippen molar-refractivity contribution in [3.63, 3.8) is 0 Å². The predicted molar refractivity (Wildman–Crippen MR) is 73.9 cm³/mol. The maximum absolute atomic E-state index is 11.9. The first-order valence-corrected chi connectivity index (χ1v) is 6.38. The Morgan fingerprint density at radius 2 is 2.21 bits per heavy atom.